The maximum atomic E-state index is 12.9. The standard InChI is InChI=1S/C16H21N5O6S3/c1-5-11(14(22)17-15-18-19-16(29-15)28-6-2)20(30(4,25)26)12-9-10(21(23)24)7-8-13(12)27-3/h7-9,11H,5-6H2,1-4H3,(H,17,18,22)/t11-/m1/s1. The minimum atomic E-state index is -4.01. The van der Waals surface area contributed by atoms with Crippen LogP contribution in [0.5, 0.6) is 5.75 Å². The van der Waals surface area contributed by atoms with Crippen LogP contribution in [0.3, 0.4) is 0 Å². The Kier molecular flexibility index (Phi) is 7.97. The van der Waals surface area contributed by atoms with Crippen molar-refractivity contribution in [2.24, 2.45) is 0 Å². The number of thioether (sulfide) groups is 1. The summed E-state index contributed by atoms with van der Waals surface area (Å²) in [5.41, 5.74) is -0.434. The predicted molar refractivity (Wildman–Crippen MR) is 116 cm³/mol. The first kappa shape index (κ1) is 23.8. The third-order valence-electron chi connectivity index (χ3n) is 3.84. The van der Waals surface area contributed by atoms with Gasteiger partial charge in [-0.2, -0.15) is 0 Å². The van der Waals surface area contributed by atoms with Crippen LogP contribution in [0.25, 0.3) is 0 Å². The number of nitro benzene ring substituents is 1. The number of non-ortho nitro benzene ring substituents is 1. The first-order valence-corrected chi connectivity index (χ1v) is 12.4. The Morgan fingerprint density at radius 3 is 2.63 bits per heavy atom. The second-order valence-electron chi connectivity index (χ2n) is 5.89. The van der Waals surface area contributed by atoms with Gasteiger partial charge in [0.15, 0.2) is 4.34 Å². The van der Waals surface area contributed by atoms with E-state index in [-0.39, 0.29) is 28.7 Å². The van der Waals surface area contributed by atoms with E-state index >= 15 is 0 Å². The summed E-state index contributed by atoms with van der Waals surface area (Å²) < 4.78 is 31.9. The van der Waals surface area contributed by atoms with Crippen LogP contribution < -0.4 is 14.4 Å². The second-order valence-corrected chi connectivity index (χ2v) is 10.2. The lowest BCUT2D eigenvalue weighted by Gasteiger charge is -2.30. The summed E-state index contributed by atoms with van der Waals surface area (Å²) in [5.74, 6) is 0.227. The van der Waals surface area contributed by atoms with E-state index in [9.17, 15) is 23.3 Å². The van der Waals surface area contributed by atoms with Crippen molar-refractivity contribution in [3.63, 3.8) is 0 Å². The number of nitro groups is 1. The quantitative estimate of drug-likeness (QED) is 0.237. The van der Waals surface area contributed by atoms with Gasteiger partial charge in [0.2, 0.25) is 21.1 Å². The van der Waals surface area contributed by atoms with E-state index in [0.29, 0.717) is 4.34 Å². The van der Waals surface area contributed by atoms with Crippen molar-refractivity contribution >= 4 is 55.5 Å². The molecule has 0 fully saturated rings. The van der Waals surface area contributed by atoms with E-state index in [4.69, 9.17) is 4.74 Å². The minimum absolute atomic E-state index is 0.0785. The Hall–Kier alpha value is -2.45. The largest absolute Gasteiger partial charge is 0.495 e. The average molecular weight is 476 g/mol. The maximum absolute atomic E-state index is 12.9. The summed E-state index contributed by atoms with van der Waals surface area (Å²) >= 11 is 2.63. The normalized spacial score (nSPS) is 12.3. The molecule has 164 valence electrons. The number of nitrogens with one attached hydrogen (secondary N) is 1. The van der Waals surface area contributed by atoms with E-state index in [1.54, 1.807) is 6.92 Å². The highest BCUT2D eigenvalue weighted by molar-refractivity contribution is 8.01. The van der Waals surface area contributed by atoms with Crippen molar-refractivity contribution in [1.29, 1.82) is 0 Å². The van der Waals surface area contributed by atoms with Crippen LogP contribution in [0.4, 0.5) is 16.5 Å². The van der Waals surface area contributed by atoms with Gasteiger partial charge in [-0.3, -0.25) is 24.5 Å². The number of benzene rings is 1. The topological polar surface area (TPSA) is 145 Å². The molecule has 30 heavy (non-hydrogen) atoms. The van der Waals surface area contributed by atoms with Gasteiger partial charge < -0.3 is 4.74 Å². The van der Waals surface area contributed by atoms with Crippen LogP contribution in [-0.4, -0.2) is 54.6 Å². The molecule has 0 radical (unpaired) electrons. The van der Waals surface area contributed by atoms with E-state index in [1.807, 2.05) is 6.92 Å². The van der Waals surface area contributed by atoms with Crippen molar-refractivity contribution in [2.45, 2.75) is 30.6 Å². The molecule has 0 saturated carbocycles. The number of methoxy groups -OCH3 is 1. The van der Waals surface area contributed by atoms with Gasteiger partial charge in [-0.05, 0) is 18.2 Å². The van der Waals surface area contributed by atoms with Crippen molar-refractivity contribution in [3.8, 4) is 5.75 Å². The Balaban J connectivity index is 2.47. The van der Waals surface area contributed by atoms with E-state index in [2.05, 4.69) is 15.5 Å². The Bertz CT molecular complexity index is 1030. The average Bonchev–Trinajstić information content (AvgIpc) is 3.11. The molecule has 1 atom stereocenters. The fourth-order valence-electron chi connectivity index (χ4n) is 2.63. The molecule has 1 heterocycles. The lowest BCUT2D eigenvalue weighted by molar-refractivity contribution is -0.384. The molecule has 2 aromatic rings. The zero-order valence-electron chi connectivity index (χ0n) is 16.7. The first-order chi connectivity index (χ1) is 14.1. The van der Waals surface area contributed by atoms with Gasteiger partial charge >= 0.3 is 0 Å². The minimum Gasteiger partial charge on any atom is -0.495 e. The summed E-state index contributed by atoms with van der Waals surface area (Å²) in [5, 5.41) is 21.8. The fraction of sp³-hybridized carbons (Fsp3) is 0.438. The molecule has 1 N–H and O–H groups in total. The molecule has 1 amide bonds. The highest BCUT2D eigenvalue weighted by atomic mass is 32.2. The third kappa shape index (κ3) is 5.58. The lowest BCUT2D eigenvalue weighted by Crippen LogP contribution is -2.47. The molecule has 14 heteroatoms. The number of ether oxygens (including phenoxy) is 1. The molecule has 1 aromatic heterocycles. The molecule has 1 aromatic carbocycles. The van der Waals surface area contributed by atoms with E-state index in [1.165, 1.54) is 42.3 Å². The number of hydrogen-bond donors (Lipinski definition) is 1. The fourth-order valence-corrected chi connectivity index (χ4v) is 5.49. The van der Waals surface area contributed by atoms with Gasteiger partial charge in [0, 0.05) is 12.1 Å². The number of carbonyl (C=O) groups excluding carboxylic acids is 1. The van der Waals surface area contributed by atoms with Crippen molar-refractivity contribution in [3.05, 3.63) is 28.3 Å². The van der Waals surface area contributed by atoms with Crippen LogP contribution in [0, 0.1) is 10.1 Å². The highest BCUT2D eigenvalue weighted by Gasteiger charge is 2.35. The highest BCUT2D eigenvalue weighted by Crippen LogP contribution is 2.36. The first-order valence-electron chi connectivity index (χ1n) is 8.71. The van der Waals surface area contributed by atoms with Gasteiger partial charge in [-0.1, -0.05) is 36.9 Å². The van der Waals surface area contributed by atoms with Gasteiger partial charge in [0.05, 0.1) is 18.3 Å². The number of amides is 1. The Morgan fingerprint density at radius 2 is 2.10 bits per heavy atom. The number of anilines is 2. The number of aromatic nitrogens is 2. The molecule has 0 unspecified atom stereocenters. The molecular weight excluding hydrogens is 454 g/mol. The van der Waals surface area contributed by atoms with Crippen LogP contribution in [0.1, 0.15) is 20.3 Å². The zero-order chi connectivity index (χ0) is 22.5. The number of sulfonamides is 1. The van der Waals surface area contributed by atoms with Gasteiger partial charge in [-0.25, -0.2) is 8.42 Å². The van der Waals surface area contributed by atoms with E-state index < -0.39 is 26.9 Å². The van der Waals surface area contributed by atoms with Crippen molar-refractivity contribution in [1.82, 2.24) is 10.2 Å². The molecule has 0 aliphatic carbocycles. The number of carbonyl (C=O) groups is 1. The molecule has 0 spiro atoms. The van der Waals surface area contributed by atoms with Crippen LogP contribution in [-0.2, 0) is 14.8 Å². The van der Waals surface area contributed by atoms with Gasteiger partial charge in [0.1, 0.15) is 17.5 Å². The van der Waals surface area contributed by atoms with E-state index in [0.717, 1.165) is 22.4 Å². The summed E-state index contributed by atoms with van der Waals surface area (Å²) in [6.07, 6.45) is 1.02. The van der Waals surface area contributed by atoms with Gasteiger partial charge in [0.25, 0.3) is 5.69 Å². The molecule has 2 rings (SSSR count). The predicted octanol–water partition coefficient (Wildman–Crippen LogP) is 2.75. The van der Waals surface area contributed by atoms with Crippen LogP contribution in [0.15, 0.2) is 22.5 Å². The number of hydrogen-bond acceptors (Lipinski definition) is 10. The monoisotopic (exact) mass is 475 g/mol. The molecule has 0 saturated heterocycles. The van der Waals surface area contributed by atoms with Crippen molar-refractivity contribution < 1.29 is 22.9 Å². The summed E-state index contributed by atoms with van der Waals surface area (Å²) in [6.45, 7) is 3.58. The van der Waals surface area contributed by atoms with Crippen LogP contribution in [0.2, 0.25) is 0 Å². The third-order valence-corrected chi connectivity index (χ3v) is 6.86. The molecule has 0 aliphatic rings. The van der Waals surface area contributed by atoms with Crippen LogP contribution >= 0.6 is 23.1 Å². The smallest absolute Gasteiger partial charge is 0.271 e. The summed E-state index contributed by atoms with van der Waals surface area (Å²) in [7, 11) is -2.71. The summed E-state index contributed by atoms with van der Waals surface area (Å²) in [4.78, 5) is 23.5. The number of rotatable bonds is 10. The second kappa shape index (κ2) is 10.0. The molecule has 0 bridgehead atoms. The Labute approximate surface area is 182 Å². The van der Waals surface area contributed by atoms with Gasteiger partial charge in [-0.15, -0.1) is 10.2 Å². The molecule has 11 nitrogen and oxygen atoms in total. The lowest BCUT2D eigenvalue weighted by atomic mass is 10.1. The molecular formula is C16H21N5O6S3. The number of nitrogens with zero attached hydrogens (tertiary/aromatic N) is 4. The summed E-state index contributed by atoms with van der Waals surface area (Å²) in [6, 6.07) is 2.35. The van der Waals surface area contributed by atoms with Crippen molar-refractivity contribution in [2.75, 3.05) is 28.7 Å². The zero-order valence-corrected chi connectivity index (χ0v) is 19.1. The molecule has 0 aliphatic heterocycles. The SMILES string of the molecule is CCSc1nnc(NC(=O)[C@@H](CC)N(c2cc([N+](=O)[O-])ccc2OC)S(C)(=O)=O)s1. The Morgan fingerprint density at radius 1 is 1.40 bits per heavy atom. The maximum Gasteiger partial charge on any atom is 0.271 e.